The van der Waals surface area contributed by atoms with Gasteiger partial charge in [0.1, 0.15) is 6.61 Å². The average molecular weight is 302 g/mol. The maximum Gasteiger partial charge on any atom is 0.261 e. The Kier molecular flexibility index (Phi) is 5.85. The highest BCUT2D eigenvalue weighted by atomic mass is 19.3. The molecule has 21 heavy (non-hydrogen) atoms. The SMILES string of the molecule is CNc1nc(NCCOCC(F)F)nc(N2CCCC2)n1. The van der Waals surface area contributed by atoms with Gasteiger partial charge in [0.05, 0.1) is 6.61 Å². The largest absolute Gasteiger partial charge is 0.374 e. The maximum atomic E-state index is 11.9. The first-order valence-corrected chi connectivity index (χ1v) is 6.97. The predicted molar refractivity (Wildman–Crippen MR) is 76.1 cm³/mol. The van der Waals surface area contributed by atoms with Crippen LogP contribution in [-0.4, -0.2) is 61.3 Å². The lowest BCUT2D eigenvalue weighted by atomic mass is 10.4. The van der Waals surface area contributed by atoms with Crippen molar-refractivity contribution < 1.29 is 13.5 Å². The fourth-order valence-corrected chi connectivity index (χ4v) is 2.02. The van der Waals surface area contributed by atoms with E-state index in [9.17, 15) is 8.78 Å². The molecule has 7 nitrogen and oxygen atoms in total. The highest BCUT2D eigenvalue weighted by molar-refractivity contribution is 5.44. The van der Waals surface area contributed by atoms with E-state index in [0.29, 0.717) is 24.4 Å². The third-order valence-corrected chi connectivity index (χ3v) is 3.01. The summed E-state index contributed by atoms with van der Waals surface area (Å²) < 4.78 is 28.6. The van der Waals surface area contributed by atoms with Crippen LogP contribution in [0.4, 0.5) is 26.6 Å². The van der Waals surface area contributed by atoms with Gasteiger partial charge in [-0.05, 0) is 12.8 Å². The Morgan fingerprint density at radius 2 is 1.90 bits per heavy atom. The molecular formula is C12H20F2N6O. The zero-order valence-electron chi connectivity index (χ0n) is 12.0. The van der Waals surface area contributed by atoms with Crippen molar-refractivity contribution in [3.63, 3.8) is 0 Å². The van der Waals surface area contributed by atoms with Crippen LogP contribution in [0.2, 0.25) is 0 Å². The Morgan fingerprint density at radius 1 is 1.19 bits per heavy atom. The van der Waals surface area contributed by atoms with E-state index in [4.69, 9.17) is 4.74 Å². The van der Waals surface area contributed by atoms with Crippen LogP contribution < -0.4 is 15.5 Å². The van der Waals surface area contributed by atoms with Gasteiger partial charge in [0, 0.05) is 26.7 Å². The zero-order valence-corrected chi connectivity index (χ0v) is 12.0. The van der Waals surface area contributed by atoms with Gasteiger partial charge in [0.15, 0.2) is 0 Å². The molecule has 0 unspecified atom stereocenters. The number of halogens is 2. The van der Waals surface area contributed by atoms with E-state index < -0.39 is 13.0 Å². The quantitative estimate of drug-likeness (QED) is 0.699. The van der Waals surface area contributed by atoms with Gasteiger partial charge in [-0.15, -0.1) is 0 Å². The van der Waals surface area contributed by atoms with Gasteiger partial charge in [-0.2, -0.15) is 15.0 Å². The fraction of sp³-hybridized carbons (Fsp3) is 0.750. The molecule has 0 bridgehead atoms. The summed E-state index contributed by atoms with van der Waals surface area (Å²) in [6.07, 6.45) is -0.185. The molecule has 0 radical (unpaired) electrons. The summed E-state index contributed by atoms with van der Waals surface area (Å²) in [5.74, 6) is 1.52. The standard InChI is InChI=1S/C12H20F2N6O/c1-15-10-17-11(16-4-7-21-8-9(13)14)19-12(18-10)20-5-2-3-6-20/h9H,2-8H2,1H3,(H2,15,16,17,18,19). The molecule has 0 amide bonds. The summed E-state index contributed by atoms with van der Waals surface area (Å²) >= 11 is 0. The van der Waals surface area contributed by atoms with Crippen molar-refractivity contribution in [2.75, 3.05) is 55.4 Å². The smallest absolute Gasteiger partial charge is 0.261 e. The van der Waals surface area contributed by atoms with E-state index >= 15 is 0 Å². The first-order chi connectivity index (χ1) is 10.2. The fourth-order valence-electron chi connectivity index (χ4n) is 2.02. The van der Waals surface area contributed by atoms with E-state index in [1.165, 1.54) is 0 Å². The molecule has 0 spiro atoms. The highest BCUT2D eigenvalue weighted by Crippen LogP contribution is 2.18. The van der Waals surface area contributed by atoms with Crippen LogP contribution in [0.3, 0.4) is 0 Å². The number of hydrogen-bond acceptors (Lipinski definition) is 7. The van der Waals surface area contributed by atoms with E-state index in [1.807, 2.05) is 0 Å². The average Bonchev–Trinajstić information content (AvgIpc) is 3.00. The van der Waals surface area contributed by atoms with Crippen molar-refractivity contribution in [3.8, 4) is 0 Å². The lowest BCUT2D eigenvalue weighted by molar-refractivity contribution is 0.0214. The summed E-state index contributed by atoms with van der Waals surface area (Å²) in [5, 5.41) is 5.85. The topological polar surface area (TPSA) is 75.2 Å². The van der Waals surface area contributed by atoms with E-state index in [-0.39, 0.29) is 6.61 Å². The number of anilines is 3. The predicted octanol–water partition coefficient (Wildman–Crippen LogP) is 1.21. The minimum absolute atomic E-state index is 0.171. The van der Waals surface area contributed by atoms with E-state index in [2.05, 4.69) is 30.5 Å². The highest BCUT2D eigenvalue weighted by Gasteiger charge is 2.17. The molecule has 2 heterocycles. The Hall–Kier alpha value is -1.77. The van der Waals surface area contributed by atoms with Gasteiger partial charge in [0.2, 0.25) is 17.8 Å². The Balaban J connectivity index is 1.90. The first-order valence-electron chi connectivity index (χ1n) is 6.97. The molecule has 118 valence electrons. The van der Waals surface area contributed by atoms with Gasteiger partial charge in [-0.25, -0.2) is 8.78 Å². The van der Waals surface area contributed by atoms with Crippen molar-refractivity contribution in [2.24, 2.45) is 0 Å². The monoisotopic (exact) mass is 302 g/mol. The lowest BCUT2D eigenvalue weighted by Crippen LogP contribution is -2.22. The molecule has 2 rings (SSSR count). The van der Waals surface area contributed by atoms with Crippen molar-refractivity contribution in [1.82, 2.24) is 15.0 Å². The van der Waals surface area contributed by atoms with Crippen LogP contribution in [0.5, 0.6) is 0 Å². The van der Waals surface area contributed by atoms with Crippen molar-refractivity contribution >= 4 is 17.8 Å². The summed E-state index contributed by atoms with van der Waals surface area (Å²) in [6, 6.07) is 0. The van der Waals surface area contributed by atoms with Crippen molar-refractivity contribution in [3.05, 3.63) is 0 Å². The molecule has 9 heteroatoms. The molecule has 1 aliphatic rings. The molecule has 2 N–H and O–H groups in total. The van der Waals surface area contributed by atoms with Gasteiger partial charge in [0.25, 0.3) is 6.43 Å². The molecule has 0 saturated carbocycles. The summed E-state index contributed by atoms with van der Waals surface area (Å²) in [5.41, 5.74) is 0. The number of aromatic nitrogens is 3. The van der Waals surface area contributed by atoms with Gasteiger partial charge < -0.3 is 20.3 Å². The molecule has 1 aromatic heterocycles. The maximum absolute atomic E-state index is 11.9. The number of hydrogen-bond donors (Lipinski definition) is 2. The number of nitrogens with zero attached hydrogens (tertiary/aromatic N) is 4. The molecule has 0 atom stereocenters. The van der Waals surface area contributed by atoms with Crippen LogP contribution in [0, 0.1) is 0 Å². The van der Waals surface area contributed by atoms with Gasteiger partial charge in [-0.1, -0.05) is 0 Å². The molecule has 1 fully saturated rings. The zero-order chi connectivity index (χ0) is 15.1. The van der Waals surface area contributed by atoms with Crippen LogP contribution in [-0.2, 0) is 4.74 Å². The first kappa shape index (κ1) is 15.6. The van der Waals surface area contributed by atoms with Crippen molar-refractivity contribution in [1.29, 1.82) is 0 Å². The number of ether oxygens (including phenoxy) is 1. The molecule has 1 aromatic rings. The summed E-state index contributed by atoms with van der Waals surface area (Å²) in [4.78, 5) is 14.9. The number of alkyl halides is 2. The molecule has 1 aliphatic heterocycles. The normalized spacial score (nSPS) is 14.8. The second-order valence-corrected chi connectivity index (χ2v) is 4.62. The third kappa shape index (κ3) is 4.92. The van der Waals surface area contributed by atoms with E-state index in [1.54, 1.807) is 7.05 Å². The Morgan fingerprint density at radius 3 is 2.57 bits per heavy atom. The Bertz CT molecular complexity index is 442. The van der Waals surface area contributed by atoms with Crippen LogP contribution in [0.25, 0.3) is 0 Å². The Labute approximate surface area is 122 Å². The van der Waals surface area contributed by atoms with Gasteiger partial charge in [-0.3, -0.25) is 0 Å². The minimum atomic E-state index is -2.44. The van der Waals surface area contributed by atoms with Crippen LogP contribution in [0.1, 0.15) is 12.8 Å². The van der Waals surface area contributed by atoms with Crippen molar-refractivity contribution in [2.45, 2.75) is 19.3 Å². The molecule has 0 aliphatic carbocycles. The number of nitrogens with one attached hydrogen (secondary N) is 2. The summed E-state index contributed by atoms with van der Waals surface area (Å²) in [6.45, 7) is 1.84. The van der Waals surface area contributed by atoms with Crippen LogP contribution in [0.15, 0.2) is 0 Å². The van der Waals surface area contributed by atoms with E-state index in [0.717, 1.165) is 25.9 Å². The second-order valence-electron chi connectivity index (χ2n) is 4.62. The lowest BCUT2D eigenvalue weighted by Gasteiger charge is -2.16. The number of rotatable bonds is 8. The molecular weight excluding hydrogens is 282 g/mol. The van der Waals surface area contributed by atoms with Crippen LogP contribution >= 0.6 is 0 Å². The second kappa shape index (κ2) is 7.87. The minimum Gasteiger partial charge on any atom is -0.374 e. The molecule has 1 saturated heterocycles. The van der Waals surface area contributed by atoms with Gasteiger partial charge >= 0.3 is 0 Å². The molecule has 0 aromatic carbocycles. The third-order valence-electron chi connectivity index (χ3n) is 3.01. The summed E-state index contributed by atoms with van der Waals surface area (Å²) in [7, 11) is 1.73.